The van der Waals surface area contributed by atoms with E-state index in [4.69, 9.17) is 0 Å². The molecular formula is C15H26N2O2. The molecule has 0 aromatic rings. The molecule has 4 nitrogen and oxygen atoms in total. The van der Waals surface area contributed by atoms with Crippen LogP contribution in [0.4, 0.5) is 0 Å². The molecule has 1 aliphatic heterocycles. The van der Waals surface area contributed by atoms with Gasteiger partial charge in [-0.15, -0.1) is 0 Å². The highest BCUT2D eigenvalue weighted by Crippen LogP contribution is 2.31. The molecular weight excluding hydrogens is 240 g/mol. The Hall–Kier alpha value is -1.06. The fourth-order valence-corrected chi connectivity index (χ4v) is 3.31. The summed E-state index contributed by atoms with van der Waals surface area (Å²) in [6, 6.07) is -0.359. The molecule has 1 N–H and O–H groups in total. The number of nitrogens with zero attached hydrogens (tertiary/aromatic N) is 1. The second-order valence-electron chi connectivity index (χ2n) is 6.12. The Morgan fingerprint density at radius 1 is 1.16 bits per heavy atom. The highest BCUT2D eigenvalue weighted by Gasteiger charge is 2.29. The number of nitrogens with one attached hydrogen (secondary N) is 1. The van der Waals surface area contributed by atoms with Gasteiger partial charge in [-0.3, -0.25) is 9.59 Å². The molecule has 1 unspecified atom stereocenters. The van der Waals surface area contributed by atoms with Gasteiger partial charge < -0.3 is 10.2 Å². The maximum atomic E-state index is 12.2. The van der Waals surface area contributed by atoms with Crippen molar-refractivity contribution in [1.29, 1.82) is 0 Å². The van der Waals surface area contributed by atoms with Crippen molar-refractivity contribution >= 4 is 11.8 Å². The highest BCUT2D eigenvalue weighted by molar-refractivity contribution is 5.89. The topological polar surface area (TPSA) is 49.4 Å². The van der Waals surface area contributed by atoms with E-state index >= 15 is 0 Å². The molecule has 0 spiro atoms. The summed E-state index contributed by atoms with van der Waals surface area (Å²) in [5.74, 6) is 1.60. The van der Waals surface area contributed by atoms with Crippen LogP contribution in [0.1, 0.15) is 52.4 Å². The standard InChI is InChI=1S/C15H26N2O2/c1-3-12-4-6-13(7-5-12)10-17-9-8-14(18)16-11(2)15(17)19/h11-13H,3-10H2,1-2H3,(H,16,18). The van der Waals surface area contributed by atoms with Crippen molar-refractivity contribution < 1.29 is 9.59 Å². The van der Waals surface area contributed by atoms with Gasteiger partial charge in [-0.25, -0.2) is 0 Å². The van der Waals surface area contributed by atoms with Gasteiger partial charge in [-0.2, -0.15) is 0 Å². The van der Waals surface area contributed by atoms with Crippen molar-refractivity contribution in [2.24, 2.45) is 11.8 Å². The van der Waals surface area contributed by atoms with E-state index in [1.807, 2.05) is 4.90 Å². The van der Waals surface area contributed by atoms with Crippen molar-refractivity contribution in [1.82, 2.24) is 10.2 Å². The first-order valence-corrected chi connectivity index (χ1v) is 7.68. The molecule has 2 fully saturated rings. The third-order valence-corrected chi connectivity index (χ3v) is 4.69. The smallest absolute Gasteiger partial charge is 0.244 e. The zero-order valence-corrected chi connectivity index (χ0v) is 12.2. The van der Waals surface area contributed by atoms with E-state index in [0.717, 1.165) is 12.5 Å². The summed E-state index contributed by atoms with van der Waals surface area (Å²) in [5, 5.41) is 2.74. The van der Waals surface area contributed by atoms with Crippen LogP contribution in [0.2, 0.25) is 0 Å². The monoisotopic (exact) mass is 266 g/mol. The molecule has 0 radical (unpaired) electrons. The minimum absolute atomic E-state index is 0.00181. The fraction of sp³-hybridized carbons (Fsp3) is 0.867. The zero-order valence-electron chi connectivity index (χ0n) is 12.2. The molecule has 4 heteroatoms. The zero-order chi connectivity index (χ0) is 13.8. The second kappa shape index (κ2) is 6.40. The van der Waals surface area contributed by atoms with Gasteiger partial charge >= 0.3 is 0 Å². The van der Waals surface area contributed by atoms with Crippen LogP contribution in [0.3, 0.4) is 0 Å². The van der Waals surface area contributed by atoms with Gasteiger partial charge in [-0.1, -0.05) is 26.2 Å². The van der Waals surface area contributed by atoms with Gasteiger partial charge in [0.05, 0.1) is 0 Å². The SMILES string of the molecule is CCC1CCC(CN2CCC(=O)NC(C)C2=O)CC1. The minimum atomic E-state index is -0.359. The first-order valence-electron chi connectivity index (χ1n) is 7.68. The maximum Gasteiger partial charge on any atom is 0.244 e. The molecule has 0 aromatic carbocycles. The highest BCUT2D eigenvalue weighted by atomic mass is 16.2. The second-order valence-corrected chi connectivity index (χ2v) is 6.12. The van der Waals surface area contributed by atoms with Gasteiger partial charge in [0.25, 0.3) is 0 Å². The molecule has 2 rings (SSSR count). The van der Waals surface area contributed by atoms with E-state index in [1.54, 1.807) is 6.92 Å². The van der Waals surface area contributed by atoms with Crippen LogP contribution in [-0.4, -0.2) is 35.8 Å². The first-order chi connectivity index (χ1) is 9.10. The molecule has 2 aliphatic rings. The van der Waals surface area contributed by atoms with Crippen LogP contribution in [-0.2, 0) is 9.59 Å². The van der Waals surface area contributed by atoms with Crippen molar-refractivity contribution in [2.75, 3.05) is 13.1 Å². The molecule has 108 valence electrons. The lowest BCUT2D eigenvalue weighted by molar-refractivity contribution is -0.133. The number of carbonyl (C=O) groups excluding carboxylic acids is 2. The average molecular weight is 266 g/mol. The van der Waals surface area contributed by atoms with Crippen molar-refractivity contribution in [3.63, 3.8) is 0 Å². The number of amides is 2. The van der Waals surface area contributed by atoms with Gasteiger partial charge in [0.1, 0.15) is 6.04 Å². The Morgan fingerprint density at radius 2 is 1.79 bits per heavy atom. The molecule has 0 aromatic heterocycles. The van der Waals surface area contributed by atoms with Crippen molar-refractivity contribution in [3.8, 4) is 0 Å². The maximum absolute atomic E-state index is 12.2. The predicted molar refractivity (Wildman–Crippen MR) is 74.5 cm³/mol. The van der Waals surface area contributed by atoms with E-state index in [0.29, 0.717) is 18.9 Å². The first kappa shape index (κ1) is 14.4. The van der Waals surface area contributed by atoms with Gasteiger partial charge in [-0.05, 0) is 31.6 Å². The fourth-order valence-electron chi connectivity index (χ4n) is 3.31. The summed E-state index contributed by atoms with van der Waals surface area (Å²) in [6.45, 7) is 5.48. The Labute approximate surface area is 115 Å². The summed E-state index contributed by atoms with van der Waals surface area (Å²) in [6.07, 6.45) is 6.80. The lowest BCUT2D eigenvalue weighted by Gasteiger charge is -2.32. The summed E-state index contributed by atoms with van der Waals surface area (Å²) in [7, 11) is 0. The van der Waals surface area contributed by atoms with Crippen LogP contribution in [0.5, 0.6) is 0 Å². The summed E-state index contributed by atoms with van der Waals surface area (Å²) in [4.78, 5) is 25.6. The van der Waals surface area contributed by atoms with Gasteiger partial charge in [0, 0.05) is 19.5 Å². The number of hydrogen-bond acceptors (Lipinski definition) is 2. The van der Waals surface area contributed by atoms with E-state index in [-0.39, 0.29) is 17.9 Å². The van der Waals surface area contributed by atoms with Gasteiger partial charge in [0.2, 0.25) is 11.8 Å². The number of hydrogen-bond donors (Lipinski definition) is 1. The van der Waals surface area contributed by atoms with E-state index in [2.05, 4.69) is 12.2 Å². The van der Waals surface area contributed by atoms with Gasteiger partial charge in [0.15, 0.2) is 0 Å². The molecule has 0 bridgehead atoms. The Bertz CT molecular complexity index is 335. The molecule has 19 heavy (non-hydrogen) atoms. The van der Waals surface area contributed by atoms with E-state index in [1.165, 1.54) is 32.1 Å². The normalized spacial score (nSPS) is 32.9. The van der Waals surface area contributed by atoms with E-state index < -0.39 is 0 Å². The van der Waals surface area contributed by atoms with Crippen molar-refractivity contribution in [3.05, 3.63) is 0 Å². The average Bonchev–Trinajstić information content (AvgIpc) is 2.53. The largest absolute Gasteiger partial charge is 0.345 e. The van der Waals surface area contributed by atoms with Crippen LogP contribution < -0.4 is 5.32 Å². The third-order valence-electron chi connectivity index (χ3n) is 4.69. The third kappa shape index (κ3) is 3.71. The molecule has 1 aliphatic carbocycles. The van der Waals surface area contributed by atoms with Crippen LogP contribution in [0.15, 0.2) is 0 Å². The van der Waals surface area contributed by atoms with Crippen LogP contribution >= 0.6 is 0 Å². The lowest BCUT2D eigenvalue weighted by atomic mass is 9.80. The van der Waals surface area contributed by atoms with Crippen LogP contribution in [0, 0.1) is 11.8 Å². The van der Waals surface area contributed by atoms with Crippen molar-refractivity contribution in [2.45, 2.75) is 58.4 Å². The predicted octanol–water partition coefficient (Wildman–Crippen LogP) is 1.94. The molecule has 2 amide bonds. The number of carbonyl (C=O) groups is 2. The molecule has 1 saturated carbocycles. The quantitative estimate of drug-likeness (QED) is 0.848. The Morgan fingerprint density at radius 3 is 2.42 bits per heavy atom. The number of rotatable bonds is 3. The molecule has 1 saturated heterocycles. The summed E-state index contributed by atoms with van der Waals surface area (Å²) in [5.41, 5.74) is 0. The Kier molecular flexibility index (Phi) is 4.83. The molecule has 1 heterocycles. The minimum Gasteiger partial charge on any atom is -0.345 e. The Balaban J connectivity index is 1.87. The lowest BCUT2D eigenvalue weighted by Crippen LogP contribution is -2.44. The summed E-state index contributed by atoms with van der Waals surface area (Å²) >= 11 is 0. The molecule has 1 atom stereocenters. The van der Waals surface area contributed by atoms with Crippen LogP contribution in [0.25, 0.3) is 0 Å². The van der Waals surface area contributed by atoms with E-state index in [9.17, 15) is 9.59 Å². The summed E-state index contributed by atoms with van der Waals surface area (Å²) < 4.78 is 0.